The number of aliphatic carboxylic acids is 1. The summed E-state index contributed by atoms with van der Waals surface area (Å²) in [5.41, 5.74) is 5.32. The third-order valence-electron chi connectivity index (χ3n) is 9.56. The van der Waals surface area contributed by atoms with Gasteiger partial charge >= 0.3 is 25.7 Å². The lowest BCUT2D eigenvalue weighted by atomic mass is 10.0. The summed E-state index contributed by atoms with van der Waals surface area (Å²) in [6, 6.07) is -1.53. The molecular formula is C43H80NO10P. The zero-order valence-corrected chi connectivity index (χ0v) is 35.7. The second kappa shape index (κ2) is 38.8. The van der Waals surface area contributed by atoms with Crippen LogP contribution < -0.4 is 5.73 Å². The van der Waals surface area contributed by atoms with Crippen LogP contribution in [0.15, 0.2) is 24.3 Å². The third kappa shape index (κ3) is 38.6. The fraction of sp³-hybridized carbons (Fsp3) is 0.837. The average molecular weight is 802 g/mol. The van der Waals surface area contributed by atoms with Crippen LogP contribution >= 0.6 is 7.82 Å². The van der Waals surface area contributed by atoms with Crippen LogP contribution in [0.4, 0.5) is 0 Å². The van der Waals surface area contributed by atoms with E-state index < -0.39 is 57.7 Å². The molecule has 0 spiro atoms. The number of ether oxygens (including phenoxy) is 2. The highest BCUT2D eigenvalue weighted by atomic mass is 31.2. The van der Waals surface area contributed by atoms with Gasteiger partial charge in [-0.2, -0.15) is 0 Å². The molecule has 0 saturated carbocycles. The van der Waals surface area contributed by atoms with Crippen molar-refractivity contribution in [3.05, 3.63) is 24.3 Å². The Morgan fingerprint density at radius 3 is 1.47 bits per heavy atom. The molecule has 0 radical (unpaired) electrons. The predicted octanol–water partition coefficient (Wildman–Crippen LogP) is 11.5. The number of hydrogen-bond donors (Lipinski definition) is 3. The summed E-state index contributed by atoms with van der Waals surface area (Å²) in [5, 5.41) is 8.88. The molecule has 0 fully saturated rings. The minimum atomic E-state index is -4.73. The first-order valence-corrected chi connectivity index (χ1v) is 23.4. The number of phosphoric acid groups is 1. The lowest BCUT2D eigenvalue weighted by Crippen LogP contribution is -2.34. The van der Waals surface area contributed by atoms with E-state index in [2.05, 4.69) is 18.4 Å². The number of allylic oxidation sites excluding steroid dienone is 3. The van der Waals surface area contributed by atoms with Gasteiger partial charge in [-0.3, -0.25) is 18.6 Å². The van der Waals surface area contributed by atoms with Crippen LogP contribution in [-0.4, -0.2) is 59.9 Å². The second-order valence-electron chi connectivity index (χ2n) is 14.9. The zero-order chi connectivity index (χ0) is 40.7. The summed E-state index contributed by atoms with van der Waals surface area (Å²) in [4.78, 5) is 45.8. The normalized spacial score (nSPS) is 14.0. The van der Waals surface area contributed by atoms with Gasteiger partial charge in [-0.15, -0.1) is 0 Å². The molecule has 0 heterocycles. The number of rotatable bonds is 41. The van der Waals surface area contributed by atoms with Gasteiger partial charge in [-0.1, -0.05) is 193 Å². The van der Waals surface area contributed by atoms with E-state index >= 15 is 0 Å². The van der Waals surface area contributed by atoms with Gasteiger partial charge in [0.2, 0.25) is 0 Å². The first kappa shape index (κ1) is 53.0. The summed E-state index contributed by atoms with van der Waals surface area (Å²) in [6.07, 6.45) is 40.2. The Labute approximate surface area is 334 Å². The number of phosphoric ester groups is 1. The fourth-order valence-electron chi connectivity index (χ4n) is 6.10. The minimum Gasteiger partial charge on any atom is -0.480 e. The van der Waals surface area contributed by atoms with Crippen molar-refractivity contribution in [3.63, 3.8) is 0 Å². The molecule has 4 N–H and O–H groups in total. The quantitative estimate of drug-likeness (QED) is 0.0177. The van der Waals surface area contributed by atoms with Crippen molar-refractivity contribution in [2.75, 3.05) is 19.8 Å². The van der Waals surface area contributed by atoms with Crippen molar-refractivity contribution >= 4 is 25.7 Å². The smallest absolute Gasteiger partial charge is 0.472 e. The van der Waals surface area contributed by atoms with Gasteiger partial charge in [0, 0.05) is 12.5 Å². The number of nitrogens with two attached hydrogens (primary N) is 1. The Kier molecular flexibility index (Phi) is 37.4. The third-order valence-corrected chi connectivity index (χ3v) is 10.5. The molecule has 0 aliphatic rings. The molecule has 322 valence electrons. The Morgan fingerprint density at radius 2 is 1.02 bits per heavy atom. The average Bonchev–Trinajstić information content (AvgIpc) is 3.16. The molecule has 11 nitrogen and oxygen atoms in total. The molecule has 0 aromatic rings. The monoisotopic (exact) mass is 802 g/mol. The van der Waals surface area contributed by atoms with Gasteiger partial charge < -0.3 is 25.2 Å². The van der Waals surface area contributed by atoms with E-state index in [1.54, 1.807) is 12.2 Å². The summed E-state index contributed by atoms with van der Waals surface area (Å²) in [7, 11) is -4.73. The molecule has 3 atom stereocenters. The number of hydrogen-bond acceptors (Lipinski definition) is 9. The molecule has 0 aromatic heterocycles. The highest BCUT2D eigenvalue weighted by Crippen LogP contribution is 2.43. The topological polar surface area (TPSA) is 172 Å². The van der Waals surface area contributed by atoms with Crippen LogP contribution in [-0.2, 0) is 37.5 Å². The molecule has 0 aromatic carbocycles. The maximum atomic E-state index is 12.6. The number of esters is 2. The van der Waals surface area contributed by atoms with Gasteiger partial charge in [0.15, 0.2) is 6.10 Å². The highest BCUT2D eigenvalue weighted by Gasteiger charge is 2.28. The Bertz CT molecular complexity index is 1040. The standard InChI is InChI=1S/C43H80NO10P/c1-3-5-7-9-11-13-15-17-19-21-23-25-27-29-31-33-35-42(46)54-39(37-52-55(49,50)53-38-40(44)43(47)48)36-51-41(45)34-32-30-28-26-24-22-20-18-16-14-12-10-8-6-4-2/h28,30,32,34,39-40H,3-27,29,31,33,35-38,44H2,1-2H3,(H,47,48)(H,49,50)/b30-28+,34-32+/t39-,40+/m1/s1. The molecule has 1 unspecified atom stereocenters. The van der Waals surface area contributed by atoms with Crippen molar-refractivity contribution in [2.24, 2.45) is 5.73 Å². The minimum absolute atomic E-state index is 0.146. The van der Waals surface area contributed by atoms with Crippen LogP contribution in [0.25, 0.3) is 0 Å². The molecule has 0 aliphatic carbocycles. The van der Waals surface area contributed by atoms with E-state index in [1.165, 1.54) is 147 Å². The van der Waals surface area contributed by atoms with Crippen molar-refractivity contribution in [1.82, 2.24) is 0 Å². The van der Waals surface area contributed by atoms with E-state index in [4.69, 9.17) is 24.8 Å². The second-order valence-corrected chi connectivity index (χ2v) is 16.4. The Morgan fingerprint density at radius 1 is 0.600 bits per heavy atom. The zero-order valence-electron chi connectivity index (χ0n) is 34.8. The van der Waals surface area contributed by atoms with E-state index in [9.17, 15) is 23.8 Å². The van der Waals surface area contributed by atoms with Crippen molar-refractivity contribution < 1.29 is 47.5 Å². The fourth-order valence-corrected chi connectivity index (χ4v) is 6.88. The largest absolute Gasteiger partial charge is 0.480 e. The number of carbonyl (C=O) groups excluding carboxylic acids is 2. The molecule has 0 bridgehead atoms. The Balaban J connectivity index is 4.43. The first-order valence-electron chi connectivity index (χ1n) is 21.9. The van der Waals surface area contributed by atoms with Crippen LogP contribution in [0.5, 0.6) is 0 Å². The lowest BCUT2D eigenvalue weighted by molar-refractivity contribution is -0.159. The molecule has 0 aliphatic heterocycles. The Hall–Kier alpha value is -2.04. The van der Waals surface area contributed by atoms with Gasteiger partial charge in [0.25, 0.3) is 0 Å². The van der Waals surface area contributed by atoms with Gasteiger partial charge in [-0.05, 0) is 19.3 Å². The van der Waals surface area contributed by atoms with Crippen molar-refractivity contribution in [1.29, 1.82) is 0 Å². The summed E-state index contributed by atoms with van der Waals surface area (Å²) in [5.74, 6) is -2.63. The lowest BCUT2D eigenvalue weighted by Gasteiger charge is -2.20. The van der Waals surface area contributed by atoms with Crippen molar-refractivity contribution in [2.45, 2.75) is 212 Å². The molecule has 55 heavy (non-hydrogen) atoms. The maximum absolute atomic E-state index is 12.6. The molecule has 0 rings (SSSR count). The van der Waals surface area contributed by atoms with Gasteiger partial charge in [0.05, 0.1) is 13.2 Å². The van der Waals surface area contributed by atoms with Crippen LogP contribution in [0.3, 0.4) is 0 Å². The molecule has 0 amide bonds. The van der Waals surface area contributed by atoms with Crippen LogP contribution in [0, 0.1) is 0 Å². The summed E-state index contributed by atoms with van der Waals surface area (Å²) in [6.45, 7) is 2.70. The van der Waals surface area contributed by atoms with Crippen molar-refractivity contribution in [3.8, 4) is 0 Å². The summed E-state index contributed by atoms with van der Waals surface area (Å²) < 4.78 is 32.5. The van der Waals surface area contributed by atoms with Crippen LogP contribution in [0.1, 0.15) is 200 Å². The molecular weight excluding hydrogens is 721 g/mol. The molecule has 12 heteroatoms. The number of carboxylic acid groups (broad SMARTS) is 1. The highest BCUT2D eigenvalue weighted by molar-refractivity contribution is 7.47. The van der Waals surface area contributed by atoms with E-state index in [-0.39, 0.29) is 6.42 Å². The van der Waals surface area contributed by atoms with E-state index in [0.717, 1.165) is 32.1 Å². The van der Waals surface area contributed by atoms with Crippen LogP contribution in [0.2, 0.25) is 0 Å². The maximum Gasteiger partial charge on any atom is 0.472 e. The molecule has 0 saturated heterocycles. The van der Waals surface area contributed by atoms with Gasteiger partial charge in [-0.25, -0.2) is 9.36 Å². The van der Waals surface area contributed by atoms with E-state index in [0.29, 0.717) is 6.42 Å². The number of unbranched alkanes of at least 4 members (excludes halogenated alkanes) is 26. The number of carbonyl (C=O) groups is 3. The van der Waals surface area contributed by atoms with E-state index in [1.807, 2.05) is 6.08 Å². The summed E-state index contributed by atoms with van der Waals surface area (Å²) >= 11 is 0. The van der Waals surface area contributed by atoms with Gasteiger partial charge in [0.1, 0.15) is 12.6 Å². The predicted molar refractivity (Wildman–Crippen MR) is 222 cm³/mol. The SMILES string of the molecule is CCCCCCCCCCCCC/C=C/C=C/C(=O)OC[C@H](COP(=O)(O)OC[C@H](N)C(=O)O)OC(=O)CCCCCCCCCCCCCCCCCC. The first-order chi connectivity index (χ1) is 26.6. The number of carboxylic acids is 1.